The zero-order valence-corrected chi connectivity index (χ0v) is 19.6. The Balaban J connectivity index is 0.00000392. The number of methoxy groups -OCH3 is 1. The number of rotatable bonds is 8. The number of sulfone groups is 1. The summed E-state index contributed by atoms with van der Waals surface area (Å²) in [6.45, 7) is 1.38. The maximum Gasteiger partial charge on any atom is 0.191 e. The summed E-state index contributed by atoms with van der Waals surface area (Å²) in [6.07, 6.45) is 2.12. The number of halogens is 1. The summed E-state index contributed by atoms with van der Waals surface area (Å²) in [7, 11) is 0.384. The number of nitrogens with zero attached hydrogens (tertiary/aromatic N) is 1. The van der Waals surface area contributed by atoms with Crippen LogP contribution in [-0.2, 0) is 28.6 Å². The molecular formula is C20H28IN3O3S. The van der Waals surface area contributed by atoms with Gasteiger partial charge < -0.3 is 15.4 Å². The first-order valence-corrected chi connectivity index (χ1v) is 10.8. The number of aliphatic imine (C=N–C) groups is 1. The smallest absolute Gasteiger partial charge is 0.191 e. The van der Waals surface area contributed by atoms with Crippen molar-refractivity contribution in [1.82, 2.24) is 10.6 Å². The quantitative estimate of drug-likeness (QED) is 0.320. The number of benzene rings is 2. The van der Waals surface area contributed by atoms with Crippen molar-refractivity contribution in [3.05, 3.63) is 65.2 Å². The molecule has 0 aromatic heterocycles. The fourth-order valence-electron chi connectivity index (χ4n) is 2.58. The molecule has 28 heavy (non-hydrogen) atoms. The minimum absolute atomic E-state index is 0. The van der Waals surface area contributed by atoms with Crippen LogP contribution in [0.15, 0.2) is 53.5 Å². The van der Waals surface area contributed by atoms with E-state index in [4.69, 9.17) is 4.74 Å². The van der Waals surface area contributed by atoms with Crippen LogP contribution in [0.25, 0.3) is 0 Å². The van der Waals surface area contributed by atoms with Gasteiger partial charge in [-0.3, -0.25) is 4.99 Å². The van der Waals surface area contributed by atoms with Crippen LogP contribution < -0.4 is 15.4 Å². The lowest BCUT2D eigenvalue weighted by molar-refractivity contribution is 0.414. The summed E-state index contributed by atoms with van der Waals surface area (Å²) >= 11 is 0. The molecule has 0 aliphatic carbocycles. The highest BCUT2D eigenvalue weighted by Gasteiger charge is 2.04. The standard InChI is InChI=1S/C20H27N3O3S.HI/c1-21-20(22-13-12-16-8-10-19(26-2)11-9-16)23-14-17-4-6-18(7-5-17)15-27(3,24)25;/h4-11H,12-15H2,1-3H3,(H2,21,22,23);1H. The lowest BCUT2D eigenvalue weighted by atomic mass is 10.1. The second kappa shape index (κ2) is 11.9. The van der Waals surface area contributed by atoms with E-state index in [1.165, 1.54) is 11.8 Å². The maximum atomic E-state index is 11.3. The number of guanidine groups is 1. The Morgan fingerprint density at radius 3 is 2.07 bits per heavy atom. The van der Waals surface area contributed by atoms with Crippen LogP contribution in [0.4, 0.5) is 0 Å². The molecule has 0 amide bonds. The van der Waals surface area contributed by atoms with E-state index in [1.54, 1.807) is 14.2 Å². The molecule has 2 aromatic rings. The average Bonchev–Trinajstić information content (AvgIpc) is 2.65. The van der Waals surface area contributed by atoms with Crippen molar-refractivity contribution in [3.63, 3.8) is 0 Å². The molecule has 0 atom stereocenters. The number of hydrogen-bond acceptors (Lipinski definition) is 4. The Morgan fingerprint density at radius 2 is 1.54 bits per heavy atom. The van der Waals surface area contributed by atoms with E-state index in [1.807, 2.05) is 36.4 Å². The highest BCUT2D eigenvalue weighted by molar-refractivity contribution is 14.0. The summed E-state index contributed by atoms with van der Waals surface area (Å²) in [5.41, 5.74) is 3.08. The van der Waals surface area contributed by atoms with Gasteiger partial charge in [0.15, 0.2) is 15.8 Å². The predicted molar refractivity (Wildman–Crippen MR) is 125 cm³/mol. The highest BCUT2D eigenvalue weighted by atomic mass is 127. The van der Waals surface area contributed by atoms with E-state index in [0.717, 1.165) is 35.8 Å². The predicted octanol–water partition coefficient (Wildman–Crippen LogP) is 2.77. The highest BCUT2D eigenvalue weighted by Crippen LogP contribution is 2.11. The molecule has 2 aromatic carbocycles. The first-order chi connectivity index (χ1) is 12.9. The molecule has 2 rings (SSSR count). The van der Waals surface area contributed by atoms with Gasteiger partial charge in [0, 0.05) is 26.4 Å². The molecule has 0 aliphatic rings. The fourth-order valence-corrected chi connectivity index (χ4v) is 3.38. The SMILES string of the molecule is CN=C(NCCc1ccc(OC)cc1)NCc1ccc(CS(C)(=O)=O)cc1.I. The van der Waals surface area contributed by atoms with Crippen LogP contribution in [0.1, 0.15) is 16.7 Å². The molecular weight excluding hydrogens is 489 g/mol. The van der Waals surface area contributed by atoms with Crippen LogP contribution in [-0.4, -0.2) is 41.3 Å². The zero-order chi connectivity index (χ0) is 19.7. The Kier molecular flexibility index (Phi) is 10.3. The summed E-state index contributed by atoms with van der Waals surface area (Å²) in [4.78, 5) is 4.22. The minimum Gasteiger partial charge on any atom is -0.497 e. The lowest BCUT2D eigenvalue weighted by Gasteiger charge is -2.12. The third-order valence-electron chi connectivity index (χ3n) is 4.00. The first kappa shape index (κ1) is 24.2. The normalized spacial score (nSPS) is 11.5. The number of nitrogens with one attached hydrogen (secondary N) is 2. The average molecular weight is 517 g/mol. The van der Waals surface area contributed by atoms with E-state index in [9.17, 15) is 8.42 Å². The van der Waals surface area contributed by atoms with E-state index >= 15 is 0 Å². The van der Waals surface area contributed by atoms with Gasteiger partial charge in [0.05, 0.1) is 12.9 Å². The Morgan fingerprint density at radius 1 is 0.964 bits per heavy atom. The molecule has 0 fully saturated rings. The van der Waals surface area contributed by atoms with Crippen molar-refractivity contribution >= 4 is 39.8 Å². The molecule has 8 heteroatoms. The first-order valence-electron chi connectivity index (χ1n) is 8.72. The summed E-state index contributed by atoms with van der Waals surface area (Å²) < 4.78 is 27.8. The largest absolute Gasteiger partial charge is 0.497 e. The molecule has 6 nitrogen and oxygen atoms in total. The molecule has 154 valence electrons. The summed E-state index contributed by atoms with van der Waals surface area (Å²) in [5.74, 6) is 1.64. The summed E-state index contributed by atoms with van der Waals surface area (Å²) in [6, 6.07) is 15.6. The maximum absolute atomic E-state index is 11.3. The zero-order valence-electron chi connectivity index (χ0n) is 16.4. The van der Waals surface area contributed by atoms with Gasteiger partial charge in [-0.1, -0.05) is 36.4 Å². The molecule has 0 aliphatic heterocycles. The number of ether oxygens (including phenoxy) is 1. The van der Waals surface area contributed by atoms with Crippen LogP contribution in [0.5, 0.6) is 5.75 Å². The van der Waals surface area contributed by atoms with Crippen LogP contribution >= 0.6 is 24.0 Å². The molecule has 0 bridgehead atoms. The second-order valence-electron chi connectivity index (χ2n) is 6.34. The third kappa shape index (κ3) is 8.92. The molecule has 0 radical (unpaired) electrons. The van der Waals surface area contributed by atoms with Gasteiger partial charge in [0.2, 0.25) is 0 Å². The van der Waals surface area contributed by atoms with Gasteiger partial charge in [0.25, 0.3) is 0 Å². The molecule has 2 N–H and O–H groups in total. The van der Waals surface area contributed by atoms with E-state index in [2.05, 4.69) is 27.8 Å². The van der Waals surface area contributed by atoms with E-state index in [0.29, 0.717) is 6.54 Å². The van der Waals surface area contributed by atoms with Gasteiger partial charge in [-0.05, 0) is 35.2 Å². The Hall–Kier alpha value is -1.81. The van der Waals surface area contributed by atoms with Gasteiger partial charge in [-0.15, -0.1) is 24.0 Å². The van der Waals surface area contributed by atoms with E-state index < -0.39 is 9.84 Å². The van der Waals surface area contributed by atoms with Crippen molar-refractivity contribution < 1.29 is 13.2 Å². The van der Waals surface area contributed by atoms with Gasteiger partial charge >= 0.3 is 0 Å². The van der Waals surface area contributed by atoms with Crippen molar-refractivity contribution in [2.45, 2.75) is 18.7 Å². The van der Waals surface area contributed by atoms with E-state index in [-0.39, 0.29) is 29.7 Å². The topological polar surface area (TPSA) is 79.8 Å². The molecule has 0 heterocycles. The van der Waals surface area contributed by atoms with Crippen LogP contribution in [0, 0.1) is 0 Å². The molecule has 0 saturated carbocycles. The van der Waals surface area contributed by atoms with Crippen molar-refractivity contribution in [1.29, 1.82) is 0 Å². The number of hydrogen-bond donors (Lipinski definition) is 2. The molecule has 0 saturated heterocycles. The molecule has 0 unspecified atom stereocenters. The lowest BCUT2D eigenvalue weighted by Crippen LogP contribution is -2.37. The van der Waals surface area contributed by atoms with Gasteiger partial charge in [-0.25, -0.2) is 8.42 Å². The monoisotopic (exact) mass is 517 g/mol. The fraction of sp³-hybridized carbons (Fsp3) is 0.350. The third-order valence-corrected chi connectivity index (χ3v) is 4.86. The van der Waals surface area contributed by atoms with Crippen LogP contribution in [0.3, 0.4) is 0 Å². The van der Waals surface area contributed by atoms with Crippen molar-refractivity contribution in [2.75, 3.05) is 27.0 Å². The summed E-state index contributed by atoms with van der Waals surface area (Å²) in [5, 5.41) is 6.55. The van der Waals surface area contributed by atoms with Crippen LogP contribution in [0.2, 0.25) is 0 Å². The van der Waals surface area contributed by atoms with Gasteiger partial charge in [0.1, 0.15) is 5.75 Å². The Bertz CT molecular complexity index is 851. The second-order valence-corrected chi connectivity index (χ2v) is 8.48. The van der Waals surface area contributed by atoms with Gasteiger partial charge in [-0.2, -0.15) is 0 Å². The van der Waals surface area contributed by atoms with Crippen molar-refractivity contribution in [3.8, 4) is 5.75 Å². The van der Waals surface area contributed by atoms with Crippen molar-refractivity contribution in [2.24, 2.45) is 4.99 Å². The minimum atomic E-state index is -3.01. The Labute approximate surface area is 184 Å². The molecule has 0 spiro atoms.